The van der Waals surface area contributed by atoms with Gasteiger partial charge in [-0.2, -0.15) is 0 Å². The lowest BCUT2D eigenvalue weighted by Gasteiger charge is -2.17. The normalized spacial score (nSPS) is 11.8. The average Bonchev–Trinajstić information content (AvgIpc) is 2.82. The third kappa shape index (κ3) is 4.81. The van der Waals surface area contributed by atoms with Gasteiger partial charge in [-0.25, -0.2) is 9.78 Å². The zero-order valence-electron chi connectivity index (χ0n) is 17.2. The summed E-state index contributed by atoms with van der Waals surface area (Å²) in [5.74, 6) is -0.765. The van der Waals surface area contributed by atoms with Crippen molar-refractivity contribution in [2.75, 3.05) is 0 Å². The van der Waals surface area contributed by atoms with E-state index in [1.54, 1.807) is 30.3 Å². The van der Waals surface area contributed by atoms with Gasteiger partial charge in [-0.1, -0.05) is 81.2 Å². The highest BCUT2D eigenvalue weighted by Gasteiger charge is 2.25. The summed E-state index contributed by atoms with van der Waals surface area (Å²) in [6.45, 7) is 1.83. The number of ether oxygens (including phenoxy) is 1. The van der Waals surface area contributed by atoms with Gasteiger partial charge in [-0.15, -0.1) is 0 Å². The maximum atomic E-state index is 13.3. The number of halogens is 2. The maximum absolute atomic E-state index is 13.3. The molecule has 0 bridgehead atoms. The molecule has 0 saturated carbocycles. The van der Waals surface area contributed by atoms with Crippen LogP contribution in [0.2, 0.25) is 0 Å². The van der Waals surface area contributed by atoms with E-state index in [1.165, 1.54) is 0 Å². The third-order valence-corrected chi connectivity index (χ3v) is 6.12. The van der Waals surface area contributed by atoms with Crippen molar-refractivity contribution in [3.63, 3.8) is 0 Å². The second-order valence-corrected chi connectivity index (χ2v) is 9.09. The lowest BCUT2D eigenvalue weighted by molar-refractivity contribution is 0.0279. The topological polar surface area (TPSA) is 56.3 Å². The second kappa shape index (κ2) is 9.76. The van der Waals surface area contributed by atoms with E-state index in [9.17, 15) is 9.59 Å². The molecule has 6 heteroatoms. The smallest absolute Gasteiger partial charge is 0.339 e. The number of benzene rings is 3. The average molecular weight is 553 g/mol. The SMILES string of the molecule is CC[C@H](OC(=O)c1cc(-c2ccc(Br)cc2)nc2ccc(Br)cc12)C(=O)c1ccccc1. The summed E-state index contributed by atoms with van der Waals surface area (Å²) in [4.78, 5) is 30.9. The summed E-state index contributed by atoms with van der Waals surface area (Å²) in [5.41, 5.74) is 3.09. The Morgan fingerprint density at radius 3 is 2.28 bits per heavy atom. The Morgan fingerprint density at radius 2 is 1.59 bits per heavy atom. The molecule has 4 nitrogen and oxygen atoms in total. The summed E-state index contributed by atoms with van der Waals surface area (Å²) >= 11 is 6.91. The van der Waals surface area contributed by atoms with Gasteiger partial charge in [0, 0.05) is 25.5 Å². The quantitative estimate of drug-likeness (QED) is 0.187. The number of ketones is 1. The standard InChI is InChI=1S/C26H19Br2NO3/c1-2-24(25(30)17-6-4-3-5-7-17)32-26(31)21-15-23(16-8-10-18(27)11-9-16)29-22-13-12-19(28)14-20(21)22/h3-15,24H,2H2,1H3/t24-/m0/s1. The predicted molar refractivity (Wildman–Crippen MR) is 133 cm³/mol. The van der Waals surface area contributed by atoms with Gasteiger partial charge >= 0.3 is 5.97 Å². The Hall–Kier alpha value is -2.83. The molecule has 32 heavy (non-hydrogen) atoms. The third-order valence-electron chi connectivity index (χ3n) is 5.10. The van der Waals surface area contributed by atoms with E-state index in [2.05, 4.69) is 31.9 Å². The van der Waals surface area contributed by atoms with Gasteiger partial charge in [-0.3, -0.25) is 4.79 Å². The molecule has 0 saturated heterocycles. The first kappa shape index (κ1) is 22.4. The fourth-order valence-electron chi connectivity index (χ4n) is 3.44. The molecule has 0 aliphatic rings. The highest BCUT2D eigenvalue weighted by molar-refractivity contribution is 9.10. The number of hydrogen-bond donors (Lipinski definition) is 0. The van der Waals surface area contributed by atoms with Crippen molar-refractivity contribution in [1.82, 2.24) is 4.98 Å². The summed E-state index contributed by atoms with van der Waals surface area (Å²) in [6.07, 6.45) is -0.484. The lowest BCUT2D eigenvalue weighted by Crippen LogP contribution is -2.27. The van der Waals surface area contributed by atoms with Crippen LogP contribution in [0, 0.1) is 0 Å². The van der Waals surface area contributed by atoms with E-state index in [4.69, 9.17) is 9.72 Å². The zero-order valence-corrected chi connectivity index (χ0v) is 20.4. The summed E-state index contributed by atoms with van der Waals surface area (Å²) in [7, 11) is 0. The predicted octanol–water partition coefficient (Wildman–Crippen LogP) is 7.25. The van der Waals surface area contributed by atoms with E-state index in [0.29, 0.717) is 34.1 Å². The number of carbonyl (C=O) groups excluding carboxylic acids is 2. The molecule has 4 rings (SSSR count). The number of fused-ring (bicyclic) bond motifs is 1. The molecule has 0 fully saturated rings. The molecule has 0 N–H and O–H groups in total. The molecule has 160 valence electrons. The lowest BCUT2D eigenvalue weighted by atomic mass is 10.0. The van der Waals surface area contributed by atoms with Crippen LogP contribution in [-0.2, 0) is 4.74 Å². The Labute approximate surface area is 202 Å². The summed E-state index contributed by atoms with van der Waals surface area (Å²) in [6, 6.07) is 23.9. The minimum Gasteiger partial charge on any atom is -0.450 e. The molecule has 0 aliphatic carbocycles. The molecule has 0 spiro atoms. The zero-order chi connectivity index (χ0) is 22.7. The second-order valence-electron chi connectivity index (χ2n) is 7.26. The largest absolute Gasteiger partial charge is 0.450 e. The maximum Gasteiger partial charge on any atom is 0.339 e. The van der Waals surface area contributed by atoms with Crippen LogP contribution in [0.25, 0.3) is 22.2 Å². The number of carbonyl (C=O) groups is 2. The first-order valence-electron chi connectivity index (χ1n) is 10.1. The molecule has 0 radical (unpaired) electrons. The van der Waals surface area contributed by atoms with E-state index in [-0.39, 0.29) is 5.78 Å². The first-order chi connectivity index (χ1) is 15.5. The number of esters is 1. The van der Waals surface area contributed by atoms with Gasteiger partial charge in [0.2, 0.25) is 5.78 Å². The minimum absolute atomic E-state index is 0.214. The van der Waals surface area contributed by atoms with Gasteiger partial charge in [0.05, 0.1) is 16.8 Å². The highest BCUT2D eigenvalue weighted by atomic mass is 79.9. The number of Topliss-reactive ketones (excluding diaryl/α,β-unsaturated/α-hetero) is 1. The molecule has 0 amide bonds. The fraction of sp³-hybridized carbons (Fsp3) is 0.115. The number of nitrogens with zero attached hydrogens (tertiary/aromatic N) is 1. The van der Waals surface area contributed by atoms with E-state index in [0.717, 1.165) is 14.5 Å². The molecule has 1 atom stereocenters. The Balaban J connectivity index is 1.74. The van der Waals surface area contributed by atoms with Crippen LogP contribution in [0.5, 0.6) is 0 Å². The van der Waals surface area contributed by atoms with E-state index in [1.807, 2.05) is 55.5 Å². The van der Waals surface area contributed by atoms with Gasteiger partial charge in [0.15, 0.2) is 6.10 Å². The van der Waals surface area contributed by atoms with Crippen molar-refractivity contribution in [2.45, 2.75) is 19.4 Å². The van der Waals surface area contributed by atoms with Crippen molar-refractivity contribution in [3.8, 4) is 11.3 Å². The van der Waals surface area contributed by atoms with Crippen molar-refractivity contribution >= 4 is 54.5 Å². The van der Waals surface area contributed by atoms with Gasteiger partial charge in [-0.05, 0) is 42.8 Å². The van der Waals surface area contributed by atoms with Crippen LogP contribution in [0.3, 0.4) is 0 Å². The molecule has 1 heterocycles. The molecular weight excluding hydrogens is 534 g/mol. The minimum atomic E-state index is -0.864. The summed E-state index contributed by atoms with van der Waals surface area (Å²) in [5, 5.41) is 0.659. The van der Waals surface area contributed by atoms with Crippen molar-refractivity contribution in [1.29, 1.82) is 0 Å². The Morgan fingerprint density at radius 1 is 0.906 bits per heavy atom. The number of rotatable bonds is 6. The molecular formula is C26H19Br2NO3. The summed E-state index contributed by atoms with van der Waals surface area (Å²) < 4.78 is 7.50. The van der Waals surface area contributed by atoms with Gasteiger partial charge in [0.1, 0.15) is 0 Å². The van der Waals surface area contributed by atoms with Crippen molar-refractivity contribution < 1.29 is 14.3 Å². The number of hydrogen-bond acceptors (Lipinski definition) is 4. The number of aromatic nitrogens is 1. The van der Waals surface area contributed by atoms with E-state index >= 15 is 0 Å². The highest BCUT2D eigenvalue weighted by Crippen LogP contribution is 2.29. The van der Waals surface area contributed by atoms with E-state index < -0.39 is 12.1 Å². The molecule has 0 unspecified atom stereocenters. The van der Waals surface area contributed by atoms with Crippen LogP contribution in [0.4, 0.5) is 0 Å². The van der Waals surface area contributed by atoms with Gasteiger partial charge in [0.25, 0.3) is 0 Å². The van der Waals surface area contributed by atoms with Crippen molar-refractivity contribution in [2.24, 2.45) is 0 Å². The van der Waals surface area contributed by atoms with Gasteiger partial charge < -0.3 is 4.74 Å². The van der Waals surface area contributed by atoms with Crippen LogP contribution < -0.4 is 0 Å². The molecule has 0 aliphatic heterocycles. The Bertz CT molecular complexity index is 1290. The molecule has 4 aromatic rings. The first-order valence-corrected chi connectivity index (χ1v) is 11.7. The van der Waals surface area contributed by atoms with Crippen molar-refractivity contribution in [3.05, 3.63) is 98.9 Å². The van der Waals surface area contributed by atoms with Crippen LogP contribution in [-0.4, -0.2) is 22.8 Å². The van der Waals surface area contributed by atoms with Crippen LogP contribution in [0.15, 0.2) is 87.8 Å². The number of pyridine rings is 1. The van der Waals surface area contributed by atoms with Crippen LogP contribution in [0.1, 0.15) is 34.1 Å². The molecule has 1 aromatic heterocycles. The van der Waals surface area contributed by atoms with Crippen LogP contribution >= 0.6 is 31.9 Å². The Kier molecular flexibility index (Phi) is 6.82. The fourth-order valence-corrected chi connectivity index (χ4v) is 4.06. The monoisotopic (exact) mass is 551 g/mol. The molecule has 3 aromatic carbocycles.